The number of halogens is 1. The maximum Gasteiger partial charge on any atom is 0.254 e. The number of nitrogens with zero attached hydrogens (tertiary/aromatic N) is 4. The lowest BCUT2D eigenvalue weighted by Crippen LogP contribution is -2.38. The Hall–Kier alpha value is -3.67. The number of ether oxygens (including phenoxy) is 2. The standard InChI is InChI=1S/C26H28ClN7O4/c27-24-19(2-1-3-20(24)38-11-8-33-6-9-37-10-7-33)30-21-14-22(29-18-4-5-18)34-25(31-21)17(15-28-34)12-16-13-23(35)32-26(16)36/h1-3,12,14-15,18,29H,4-11,13H2,(H,30,31)(H,32,35,36)/b16-12+. The van der Waals surface area contributed by atoms with Crippen LogP contribution < -0.4 is 20.7 Å². The minimum atomic E-state index is -0.392. The number of nitrogens with one attached hydrogen (secondary N) is 3. The first-order chi connectivity index (χ1) is 18.5. The van der Waals surface area contributed by atoms with E-state index in [9.17, 15) is 9.59 Å². The first kappa shape index (κ1) is 24.7. The number of amides is 2. The van der Waals surface area contributed by atoms with Gasteiger partial charge in [0.1, 0.15) is 29.0 Å². The number of morpholine rings is 1. The monoisotopic (exact) mass is 537 g/mol. The second-order valence-corrected chi connectivity index (χ2v) is 9.93. The van der Waals surface area contributed by atoms with Crippen molar-refractivity contribution in [1.82, 2.24) is 24.8 Å². The highest BCUT2D eigenvalue weighted by Crippen LogP contribution is 2.35. The van der Waals surface area contributed by atoms with Crippen LogP contribution in [0.1, 0.15) is 24.8 Å². The lowest BCUT2D eigenvalue weighted by Gasteiger charge is -2.26. The van der Waals surface area contributed by atoms with Gasteiger partial charge in [-0.3, -0.25) is 19.8 Å². The summed E-state index contributed by atoms with van der Waals surface area (Å²) in [6, 6.07) is 7.85. The topological polar surface area (TPSA) is 122 Å². The summed E-state index contributed by atoms with van der Waals surface area (Å²) < 4.78 is 13.1. The zero-order valence-electron chi connectivity index (χ0n) is 20.7. The molecule has 2 amide bonds. The highest BCUT2D eigenvalue weighted by Gasteiger charge is 2.26. The smallest absolute Gasteiger partial charge is 0.254 e. The van der Waals surface area contributed by atoms with Crippen molar-refractivity contribution in [2.45, 2.75) is 25.3 Å². The minimum Gasteiger partial charge on any atom is -0.491 e. The Balaban J connectivity index is 1.25. The summed E-state index contributed by atoms with van der Waals surface area (Å²) in [7, 11) is 0. The van der Waals surface area contributed by atoms with Crippen molar-refractivity contribution in [3.63, 3.8) is 0 Å². The first-order valence-electron chi connectivity index (χ1n) is 12.7. The molecule has 0 spiro atoms. The van der Waals surface area contributed by atoms with Gasteiger partial charge in [-0.2, -0.15) is 9.61 Å². The molecule has 0 unspecified atom stereocenters. The highest BCUT2D eigenvalue weighted by molar-refractivity contribution is 6.34. The van der Waals surface area contributed by atoms with Gasteiger partial charge < -0.3 is 20.1 Å². The fraction of sp³-hybridized carbons (Fsp3) is 0.385. The molecule has 12 heteroatoms. The number of anilines is 3. The van der Waals surface area contributed by atoms with Gasteiger partial charge in [0.05, 0.1) is 31.5 Å². The molecule has 2 saturated heterocycles. The minimum absolute atomic E-state index is 0.0369. The maximum atomic E-state index is 12.1. The van der Waals surface area contributed by atoms with Crippen LogP contribution in [0.4, 0.5) is 17.3 Å². The molecular weight excluding hydrogens is 510 g/mol. The van der Waals surface area contributed by atoms with Crippen LogP contribution in [-0.4, -0.2) is 76.8 Å². The van der Waals surface area contributed by atoms with Crippen molar-refractivity contribution in [1.29, 1.82) is 0 Å². The molecule has 0 radical (unpaired) electrons. The van der Waals surface area contributed by atoms with Crippen LogP contribution in [0.3, 0.4) is 0 Å². The van der Waals surface area contributed by atoms with Gasteiger partial charge in [-0.05, 0) is 31.1 Å². The van der Waals surface area contributed by atoms with Gasteiger partial charge in [0, 0.05) is 42.9 Å². The van der Waals surface area contributed by atoms with E-state index in [1.165, 1.54) is 0 Å². The molecule has 38 heavy (non-hydrogen) atoms. The summed E-state index contributed by atoms with van der Waals surface area (Å²) in [5.74, 6) is 1.21. The molecule has 198 valence electrons. The third-order valence-electron chi connectivity index (χ3n) is 6.65. The molecule has 0 atom stereocenters. The van der Waals surface area contributed by atoms with Crippen molar-refractivity contribution < 1.29 is 19.1 Å². The zero-order chi connectivity index (χ0) is 26.1. The van der Waals surface area contributed by atoms with Gasteiger partial charge >= 0.3 is 0 Å². The third-order valence-corrected chi connectivity index (χ3v) is 7.04. The van der Waals surface area contributed by atoms with Crippen molar-refractivity contribution in [3.05, 3.63) is 46.6 Å². The molecular formula is C26H28ClN7O4. The van der Waals surface area contributed by atoms with Gasteiger partial charge in [-0.1, -0.05) is 17.7 Å². The van der Waals surface area contributed by atoms with Crippen LogP contribution in [0.15, 0.2) is 36.0 Å². The van der Waals surface area contributed by atoms with Crippen LogP contribution in [0.25, 0.3) is 11.7 Å². The fourth-order valence-corrected chi connectivity index (χ4v) is 4.69. The number of hydrogen-bond acceptors (Lipinski definition) is 9. The Kier molecular flexibility index (Phi) is 6.88. The summed E-state index contributed by atoms with van der Waals surface area (Å²) in [6.45, 7) is 4.62. The predicted octanol–water partition coefficient (Wildman–Crippen LogP) is 2.84. The zero-order valence-corrected chi connectivity index (χ0v) is 21.5. The molecule has 3 N–H and O–H groups in total. The Labute approximate surface area is 224 Å². The van der Waals surface area contributed by atoms with E-state index in [-0.39, 0.29) is 12.3 Å². The summed E-state index contributed by atoms with van der Waals surface area (Å²) >= 11 is 6.72. The van der Waals surface area contributed by atoms with E-state index in [0.29, 0.717) is 51.7 Å². The quantitative estimate of drug-likeness (QED) is 0.279. The summed E-state index contributed by atoms with van der Waals surface area (Å²) in [4.78, 5) is 30.8. The molecule has 2 aliphatic heterocycles. The lowest BCUT2D eigenvalue weighted by molar-refractivity contribution is -0.124. The average molecular weight is 538 g/mol. The van der Waals surface area contributed by atoms with E-state index in [4.69, 9.17) is 26.1 Å². The van der Waals surface area contributed by atoms with Crippen LogP contribution in [0, 0.1) is 0 Å². The number of benzene rings is 1. The normalized spacial score (nSPS) is 19.2. The molecule has 2 aromatic heterocycles. The number of imide groups is 1. The van der Waals surface area contributed by atoms with Gasteiger partial charge in [-0.25, -0.2) is 4.98 Å². The number of carbonyl (C=O) groups excluding carboxylic acids is 2. The molecule has 1 saturated carbocycles. The van der Waals surface area contributed by atoms with Gasteiger partial charge in [0.15, 0.2) is 5.65 Å². The van der Waals surface area contributed by atoms with Gasteiger partial charge in [0.2, 0.25) is 5.91 Å². The van der Waals surface area contributed by atoms with Crippen molar-refractivity contribution in [2.24, 2.45) is 0 Å². The largest absolute Gasteiger partial charge is 0.491 e. The van der Waals surface area contributed by atoms with Crippen LogP contribution in [-0.2, 0) is 14.3 Å². The molecule has 1 aliphatic carbocycles. The SMILES string of the molecule is O=C1C/C(=C\c2cnn3c(NC4CC4)cc(Nc4cccc(OCCN5CCOCC5)c4Cl)nc23)C(=O)N1. The Morgan fingerprint density at radius 1 is 1.24 bits per heavy atom. The number of rotatable bonds is 9. The van der Waals surface area contributed by atoms with E-state index >= 15 is 0 Å². The lowest BCUT2D eigenvalue weighted by atomic mass is 10.1. The number of carbonyl (C=O) groups is 2. The van der Waals surface area contributed by atoms with Gasteiger partial charge in [-0.15, -0.1) is 0 Å². The third kappa shape index (κ3) is 5.45. The Morgan fingerprint density at radius 3 is 2.84 bits per heavy atom. The second-order valence-electron chi connectivity index (χ2n) is 9.55. The molecule has 1 aromatic carbocycles. The summed E-state index contributed by atoms with van der Waals surface area (Å²) in [5, 5.41) is 14.1. The summed E-state index contributed by atoms with van der Waals surface area (Å²) in [5.41, 5.74) is 2.22. The second kappa shape index (κ2) is 10.6. The number of hydrogen-bond donors (Lipinski definition) is 3. The van der Waals surface area contributed by atoms with Crippen LogP contribution >= 0.6 is 11.6 Å². The van der Waals surface area contributed by atoms with Gasteiger partial charge in [0.25, 0.3) is 5.91 Å². The molecule has 3 aromatic rings. The van der Waals surface area contributed by atoms with Crippen molar-refractivity contribution >= 4 is 52.5 Å². The van der Waals surface area contributed by atoms with Crippen LogP contribution in [0.5, 0.6) is 5.75 Å². The number of fused-ring (bicyclic) bond motifs is 1. The van der Waals surface area contributed by atoms with E-state index in [2.05, 4.69) is 25.9 Å². The number of aromatic nitrogens is 3. The molecule has 4 heterocycles. The van der Waals surface area contributed by atoms with E-state index in [1.54, 1.807) is 16.8 Å². The fourth-order valence-electron chi connectivity index (χ4n) is 4.46. The van der Waals surface area contributed by atoms with Crippen molar-refractivity contribution in [2.75, 3.05) is 50.1 Å². The molecule has 11 nitrogen and oxygen atoms in total. The predicted molar refractivity (Wildman–Crippen MR) is 143 cm³/mol. The molecule has 3 aliphatic rings. The highest BCUT2D eigenvalue weighted by atomic mass is 35.5. The molecule has 0 bridgehead atoms. The Morgan fingerprint density at radius 2 is 2.08 bits per heavy atom. The van der Waals surface area contributed by atoms with Crippen LogP contribution in [0.2, 0.25) is 5.02 Å². The molecule has 3 fully saturated rings. The van der Waals surface area contributed by atoms with E-state index < -0.39 is 5.91 Å². The van der Waals surface area contributed by atoms with Crippen molar-refractivity contribution in [3.8, 4) is 5.75 Å². The van der Waals surface area contributed by atoms with E-state index in [0.717, 1.165) is 51.5 Å². The first-order valence-corrected chi connectivity index (χ1v) is 13.1. The maximum absolute atomic E-state index is 12.1. The molecule has 6 rings (SSSR count). The summed E-state index contributed by atoms with van der Waals surface area (Å²) in [6.07, 6.45) is 5.51. The van der Waals surface area contributed by atoms with E-state index in [1.807, 2.05) is 24.3 Å². The Bertz CT molecular complexity index is 1410. The average Bonchev–Trinajstić information content (AvgIpc) is 3.55.